The average Bonchev–Trinajstić information content (AvgIpc) is 1.51. The van der Waals surface area contributed by atoms with Gasteiger partial charge in [0, 0.05) is 22.1 Å². The monoisotopic (exact) mass is 1230 g/mol. The normalized spacial score (nSPS) is 18.0. The Bertz CT molecular complexity index is 5450. The van der Waals surface area contributed by atoms with Gasteiger partial charge in [-0.2, -0.15) is 0 Å². The van der Waals surface area contributed by atoms with Gasteiger partial charge in [-0.15, -0.1) is 0 Å². The Morgan fingerprint density at radius 2 is 0.865 bits per heavy atom. The molecular formula is C90H66N6. The van der Waals surface area contributed by atoms with Crippen molar-refractivity contribution >= 4 is 39.1 Å². The number of nitrogens with one attached hydrogen (secondary N) is 3. The molecule has 3 N–H and O–H groups in total. The van der Waals surface area contributed by atoms with E-state index in [1.807, 2.05) is 24.3 Å². The predicted molar refractivity (Wildman–Crippen MR) is 396 cm³/mol. The summed E-state index contributed by atoms with van der Waals surface area (Å²) in [4.78, 5) is 15.5. The smallest absolute Gasteiger partial charge is 0.159 e. The van der Waals surface area contributed by atoms with Gasteiger partial charge in [-0.05, 0) is 152 Å². The standard InChI is InChI=1S/C90H66N6/c1-89(2)78-55-67(57-39-43-63(44-40-57)87-93-83(59-23-8-3-9-24-59)91-84(94-87)60-25-10-4-11-26-60)48-51-74(78)75-52-49-69-53-66(47-50-73(69)82(75)89)65-32-22-35-71(54-65)90(70-33-16-7-17-34-70)77-38-21-20-37-76(77)81-79(90)56-68-31-18-19-36-72(68)80(81)58-41-45-64(46-42-58)88-95-85(61-27-12-5-13-28-61)92-86(96-88)62-29-14-6-15-30-62/h3-56,83-85,91H,1-2H3,(H,93,94)(H,92,95,96). The van der Waals surface area contributed by atoms with Crippen LogP contribution < -0.4 is 16.0 Å². The fourth-order valence-corrected chi connectivity index (χ4v) is 15.9. The molecule has 0 aromatic heterocycles. The number of amidine groups is 3. The van der Waals surface area contributed by atoms with Crippen molar-refractivity contribution in [2.24, 2.45) is 15.0 Å². The van der Waals surface area contributed by atoms with Crippen LogP contribution in [0, 0.1) is 0 Å². The molecule has 0 amide bonds. The van der Waals surface area contributed by atoms with E-state index in [2.05, 4.69) is 333 Å². The summed E-state index contributed by atoms with van der Waals surface area (Å²) < 4.78 is 0. The number of rotatable bonds is 11. The summed E-state index contributed by atoms with van der Waals surface area (Å²) >= 11 is 0. The van der Waals surface area contributed by atoms with E-state index in [1.54, 1.807) is 0 Å². The Labute approximate surface area is 559 Å². The largest absolute Gasteiger partial charge is 0.350 e. The highest BCUT2D eigenvalue weighted by Gasteiger charge is 2.48. The molecule has 4 aliphatic rings. The molecule has 0 fully saturated rings. The van der Waals surface area contributed by atoms with Crippen molar-refractivity contribution in [3.05, 3.63) is 394 Å². The van der Waals surface area contributed by atoms with Gasteiger partial charge >= 0.3 is 0 Å². The Kier molecular flexibility index (Phi) is 13.6. The van der Waals surface area contributed by atoms with E-state index in [1.165, 1.54) is 105 Å². The minimum Gasteiger partial charge on any atom is -0.350 e. The maximum atomic E-state index is 5.22. The second-order valence-electron chi connectivity index (χ2n) is 26.3. The van der Waals surface area contributed by atoms with E-state index in [4.69, 9.17) is 15.0 Å². The lowest BCUT2D eigenvalue weighted by molar-refractivity contribution is 0.409. The quantitative estimate of drug-likeness (QED) is 0.121. The summed E-state index contributed by atoms with van der Waals surface area (Å²) in [5.41, 5.74) is 25.4. The second kappa shape index (κ2) is 23.0. The van der Waals surface area contributed by atoms with Crippen LogP contribution in [0.1, 0.15) is 99.1 Å². The van der Waals surface area contributed by atoms with Gasteiger partial charge in [0.1, 0.15) is 30.2 Å². The Balaban J connectivity index is 0.691. The van der Waals surface area contributed by atoms with E-state index < -0.39 is 5.41 Å². The van der Waals surface area contributed by atoms with Gasteiger partial charge < -0.3 is 10.6 Å². The molecular weight excluding hydrogens is 1170 g/mol. The van der Waals surface area contributed by atoms with Gasteiger partial charge in [-0.25, -0.2) is 15.0 Å². The van der Waals surface area contributed by atoms with Gasteiger partial charge in [0.15, 0.2) is 5.84 Å². The SMILES string of the molecule is CC1(C)c2cc(-c3ccc(C4=NC(c5ccccc5)NC(c5ccccc5)N4)cc3)ccc2-c2ccc3cc(-c4cccc(C5(c6ccccc6)c6ccccc6-c6c5cc5ccccc5c6-c5ccc(C6=NC(c7ccccc7)=NC(c7ccccc7)N6)cc5)c4)ccc3c21. The maximum Gasteiger partial charge on any atom is 0.159 e. The first-order valence-electron chi connectivity index (χ1n) is 33.3. The lowest BCUT2D eigenvalue weighted by Gasteiger charge is -2.34. The summed E-state index contributed by atoms with van der Waals surface area (Å²) in [6.07, 6.45) is -0.574. The fraction of sp³-hybridized carbons (Fsp3) is 0.0778. The average molecular weight is 1230 g/mol. The van der Waals surface area contributed by atoms with Gasteiger partial charge in [0.25, 0.3) is 0 Å². The van der Waals surface area contributed by atoms with Gasteiger partial charge in [-0.1, -0.05) is 317 Å². The third kappa shape index (κ3) is 9.46. The first-order valence-corrected chi connectivity index (χ1v) is 33.3. The number of hydrogen-bond acceptors (Lipinski definition) is 6. The molecule has 0 saturated heterocycles. The van der Waals surface area contributed by atoms with Crippen molar-refractivity contribution in [1.29, 1.82) is 0 Å². The minimum absolute atomic E-state index is 0.0948. The van der Waals surface area contributed by atoms with Crippen LogP contribution in [0.4, 0.5) is 0 Å². The molecule has 6 nitrogen and oxygen atoms in total. The van der Waals surface area contributed by atoms with Crippen LogP contribution in [0.25, 0.3) is 77.2 Å². The van der Waals surface area contributed by atoms with E-state index in [9.17, 15) is 0 Å². The zero-order valence-electron chi connectivity index (χ0n) is 53.3. The van der Waals surface area contributed by atoms with Gasteiger partial charge in [0.05, 0.1) is 5.41 Å². The fourth-order valence-electron chi connectivity index (χ4n) is 15.9. The van der Waals surface area contributed by atoms with E-state index >= 15 is 0 Å². The van der Waals surface area contributed by atoms with Crippen LogP contribution in [-0.4, -0.2) is 17.5 Å². The summed E-state index contributed by atoms with van der Waals surface area (Å²) in [5.74, 6) is 2.37. The minimum atomic E-state index is -0.659. The highest BCUT2D eigenvalue weighted by Crippen LogP contribution is 2.60. The van der Waals surface area contributed by atoms with Crippen LogP contribution >= 0.6 is 0 Å². The molecule has 18 rings (SSSR count). The Morgan fingerprint density at radius 3 is 1.61 bits per heavy atom. The molecule has 14 aromatic carbocycles. The zero-order chi connectivity index (χ0) is 63.9. The Morgan fingerprint density at radius 1 is 0.312 bits per heavy atom. The molecule has 0 saturated carbocycles. The first-order chi connectivity index (χ1) is 47.3. The van der Waals surface area contributed by atoms with Gasteiger partial charge in [-0.3, -0.25) is 5.32 Å². The molecule has 6 heteroatoms. The molecule has 2 aliphatic heterocycles. The van der Waals surface area contributed by atoms with E-state index in [-0.39, 0.29) is 23.9 Å². The van der Waals surface area contributed by atoms with Crippen molar-refractivity contribution in [1.82, 2.24) is 16.0 Å². The molecule has 0 bridgehead atoms. The number of aliphatic imine (C=N–C) groups is 3. The number of fused-ring (bicyclic) bond motifs is 9. The highest BCUT2D eigenvalue weighted by molar-refractivity contribution is 6.14. The molecule has 0 spiro atoms. The van der Waals surface area contributed by atoms with Crippen molar-refractivity contribution in [2.45, 2.75) is 43.2 Å². The number of nitrogens with zero attached hydrogens (tertiary/aromatic N) is 3. The molecule has 0 radical (unpaired) electrons. The van der Waals surface area contributed by atoms with Crippen molar-refractivity contribution in [3.63, 3.8) is 0 Å². The molecule has 4 unspecified atom stereocenters. The number of benzene rings is 14. The van der Waals surface area contributed by atoms with Crippen LogP contribution in [0.15, 0.2) is 343 Å². The molecule has 96 heavy (non-hydrogen) atoms. The lowest BCUT2D eigenvalue weighted by Crippen LogP contribution is -2.44. The predicted octanol–water partition coefficient (Wildman–Crippen LogP) is 20.5. The summed E-state index contributed by atoms with van der Waals surface area (Å²) in [6.45, 7) is 4.81. The summed E-state index contributed by atoms with van der Waals surface area (Å²) in [6, 6.07) is 120. The molecule has 4 atom stereocenters. The molecule has 2 heterocycles. The van der Waals surface area contributed by atoms with Gasteiger partial charge in [0.2, 0.25) is 0 Å². The van der Waals surface area contributed by atoms with E-state index in [0.29, 0.717) is 5.84 Å². The van der Waals surface area contributed by atoms with Crippen LogP contribution in [0.2, 0.25) is 0 Å². The summed E-state index contributed by atoms with van der Waals surface area (Å²) in [5, 5.41) is 16.1. The van der Waals surface area contributed by atoms with Crippen LogP contribution in [-0.2, 0) is 10.8 Å². The topological polar surface area (TPSA) is 73.2 Å². The highest BCUT2D eigenvalue weighted by atomic mass is 15.3. The first kappa shape index (κ1) is 56.9. The molecule has 456 valence electrons. The molecule has 14 aromatic rings. The molecule has 2 aliphatic carbocycles. The zero-order valence-corrected chi connectivity index (χ0v) is 53.3. The Hall–Kier alpha value is -11.8. The van der Waals surface area contributed by atoms with Crippen LogP contribution in [0.5, 0.6) is 0 Å². The second-order valence-corrected chi connectivity index (χ2v) is 26.3. The summed E-state index contributed by atoms with van der Waals surface area (Å²) in [7, 11) is 0. The third-order valence-electron chi connectivity index (χ3n) is 20.5. The van der Waals surface area contributed by atoms with Crippen molar-refractivity contribution < 1.29 is 0 Å². The van der Waals surface area contributed by atoms with E-state index in [0.717, 1.165) is 50.6 Å². The maximum absolute atomic E-state index is 5.22. The van der Waals surface area contributed by atoms with Crippen molar-refractivity contribution in [3.8, 4) is 55.6 Å². The lowest BCUT2D eigenvalue weighted by atomic mass is 9.67. The number of hydrogen-bond donors (Lipinski definition) is 3. The third-order valence-corrected chi connectivity index (χ3v) is 20.5. The van der Waals surface area contributed by atoms with Crippen LogP contribution in [0.3, 0.4) is 0 Å². The van der Waals surface area contributed by atoms with Crippen molar-refractivity contribution in [2.75, 3.05) is 0 Å².